The molecule has 1 atom stereocenters. The van der Waals surface area contributed by atoms with Crippen molar-refractivity contribution in [1.82, 2.24) is 5.32 Å². The minimum Gasteiger partial charge on any atom is -0.316 e. The largest absolute Gasteiger partial charge is 0.316 e. The molecule has 1 aromatic rings. The van der Waals surface area contributed by atoms with Crippen LogP contribution >= 0.6 is 27.7 Å². The van der Waals surface area contributed by atoms with Crippen LogP contribution in [0, 0.1) is 0 Å². The maximum Gasteiger partial charge on any atom is 0.0311 e. The molecule has 0 fully saturated rings. The number of nitrogens with one attached hydrogen (secondary N) is 1. The third kappa shape index (κ3) is 6.49. The summed E-state index contributed by atoms with van der Waals surface area (Å²) in [6.45, 7) is 6.74. The molecule has 0 amide bonds. The molecule has 0 bridgehead atoms. The molecule has 0 saturated carbocycles. The van der Waals surface area contributed by atoms with Gasteiger partial charge in [-0.05, 0) is 41.0 Å². The highest BCUT2D eigenvalue weighted by molar-refractivity contribution is 9.10. The van der Waals surface area contributed by atoms with E-state index in [4.69, 9.17) is 0 Å². The van der Waals surface area contributed by atoms with Gasteiger partial charge < -0.3 is 5.32 Å². The zero-order valence-corrected chi connectivity index (χ0v) is 13.1. The van der Waals surface area contributed by atoms with E-state index in [1.54, 1.807) is 0 Å². The number of thioether (sulfide) groups is 1. The summed E-state index contributed by atoms with van der Waals surface area (Å²) in [6.07, 6.45) is 3.92. The maximum atomic E-state index is 3.59. The molecule has 0 heterocycles. The van der Waals surface area contributed by atoms with Gasteiger partial charge in [-0.25, -0.2) is 0 Å². The molecule has 3 heteroatoms. The Morgan fingerprint density at radius 3 is 2.76 bits per heavy atom. The van der Waals surface area contributed by atoms with Crippen molar-refractivity contribution in [2.45, 2.75) is 43.3 Å². The van der Waals surface area contributed by atoms with Crippen LogP contribution in [-0.4, -0.2) is 18.3 Å². The Bertz CT molecular complexity index is 317. The van der Waals surface area contributed by atoms with E-state index in [2.05, 4.69) is 59.4 Å². The molecule has 0 aliphatic carbocycles. The van der Waals surface area contributed by atoms with Gasteiger partial charge in [-0.3, -0.25) is 0 Å². The van der Waals surface area contributed by atoms with E-state index in [-0.39, 0.29) is 0 Å². The van der Waals surface area contributed by atoms with Gasteiger partial charge >= 0.3 is 0 Å². The average molecular weight is 316 g/mol. The molecule has 1 unspecified atom stereocenters. The van der Waals surface area contributed by atoms with Crippen molar-refractivity contribution in [2.75, 3.05) is 13.1 Å². The highest BCUT2D eigenvalue weighted by atomic mass is 79.9. The van der Waals surface area contributed by atoms with E-state index >= 15 is 0 Å². The predicted octanol–water partition coefficient (Wildman–Crippen LogP) is 4.71. The van der Waals surface area contributed by atoms with E-state index in [0.29, 0.717) is 5.25 Å². The van der Waals surface area contributed by atoms with Gasteiger partial charge in [0.1, 0.15) is 0 Å². The average Bonchev–Trinajstić information content (AvgIpc) is 2.32. The van der Waals surface area contributed by atoms with E-state index in [9.17, 15) is 0 Å². The molecule has 0 saturated heterocycles. The zero-order valence-electron chi connectivity index (χ0n) is 10.7. The predicted molar refractivity (Wildman–Crippen MR) is 81.9 cm³/mol. The van der Waals surface area contributed by atoms with Gasteiger partial charge in [0, 0.05) is 21.2 Å². The summed E-state index contributed by atoms with van der Waals surface area (Å²) >= 11 is 5.51. The summed E-state index contributed by atoms with van der Waals surface area (Å²) in [6, 6.07) is 8.42. The van der Waals surface area contributed by atoms with E-state index in [0.717, 1.165) is 13.1 Å². The molecule has 96 valence electrons. The Morgan fingerprint density at radius 2 is 2.06 bits per heavy atom. The number of unbranched alkanes of at least 4 members (excludes halogenated alkanes) is 2. The van der Waals surface area contributed by atoms with Gasteiger partial charge in [-0.15, -0.1) is 11.8 Å². The van der Waals surface area contributed by atoms with E-state index < -0.39 is 0 Å². The van der Waals surface area contributed by atoms with Gasteiger partial charge in [0.2, 0.25) is 0 Å². The number of halogens is 1. The lowest BCUT2D eigenvalue weighted by atomic mass is 10.2. The van der Waals surface area contributed by atoms with Crippen LogP contribution in [0.25, 0.3) is 0 Å². The monoisotopic (exact) mass is 315 g/mol. The molecule has 0 aromatic heterocycles. The normalized spacial score (nSPS) is 12.6. The molecule has 17 heavy (non-hydrogen) atoms. The summed E-state index contributed by atoms with van der Waals surface area (Å²) < 4.78 is 1.20. The molecule has 0 radical (unpaired) electrons. The first-order valence-corrected chi connectivity index (χ1v) is 8.03. The highest BCUT2D eigenvalue weighted by Gasteiger charge is 2.06. The Hall–Kier alpha value is 0.01000. The smallest absolute Gasteiger partial charge is 0.0311 e. The maximum absolute atomic E-state index is 3.59. The lowest BCUT2D eigenvalue weighted by molar-refractivity contribution is 0.616. The third-order valence-corrected chi connectivity index (χ3v) is 4.69. The van der Waals surface area contributed by atoms with Crippen LogP contribution in [0.2, 0.25) is 0 Å². The summed E-state index contributed by atoms with van der Waals surface area (Å²) in [5, 5.41) is 4.13. The van der Waals surface area contributed by atoms with Crippen LogP contribution in [-0.2, 0) is 0 Å². The molecule has 0 aliphatic heterocycles. The zero-order chi connectivity index (χ0) is 12.5. The van der Waals surface area contributed by atoms with Gasteiger partial charge in [0.25, 0.3) is 0 Å². The van der Waals surface area contributed by atoms with Crippen molar-refractivity contribution in [3.63, 3.8) is 0 Å². The molecule has 1 aromatic carbocycles. The molecule has 0 spiro atoms. The number of hydrogen-bond acceptors (Lipinski definition) is 2. The minimum absolute atomic E-state index is 0.607. The van der Waals surface area contributed by atoms with Crippen LogP contribution in [0.4, 0.5) is 0 Å². The lowest BCUT2D eigenvalue weighted by Crippen LogP contribution is -2.23. The standard InChI is InChI=1S/C14H22BrNS/c1-3-4-7-10-16-11-12(2)17-14-9-6-5-8-13(14)15/h5-6,8-9,12,16H,3-4,7,10-11H2,1-2H3. The Morgan fingerprint density at radius 1 is 1.29 bits per heavy atom. The van der Waals surface area contributed by atoms with Crippen molar-refractivity contribution >= 4 is 27.7 Å². The Balaban J connectivity index is 2.21. The molecule has 1 rings (SSSR count). The highest BCUT2D eigenvalue weighted by Crippen LogP contribution is 2.29. The van der Waals surface area contributed by atoms with Crippen LogP contribution in [0.1, 0.15) is 33.1 Å². The van der Waals surface area contributed by atoms with Crippen LogP contribution in [0.3, 0.4) is 0 Å². The first-order chi connectivity index (χ1) is 8.24. The van der Waals surface area contributed by atoms with Crippen LogP contribution in [0.15, 0.2) is 33.6 Å². The second-order valence-electron chi connectivity index (χ2n) is 4.27. The number of benzene rings is 1. The van der Waals surface area contributed by atoms with E-state index in [1.165, 1.54) is 28.6 Å². The van der Waals surface area contributed by atoms with Crippen molar-refractivity contribution in [2.24, 2.45) is 0 Å². The minimum atomic E-state index is 0.607. The van der Waals surface area contributed by atoms with Crippen molar-refractivity contribution in [1.29, 1.82) is 0 Å². The first kappa shape index (κ1) is 15.1. The van der Waals surface area contributed by atoms with Gasteiger partial charge in [0.15, 0.2) is 0 Å². The van der Waals surface area contributed by atoms with Gasteiger partial charge in [-0.1, -0.05) is 38.8 Å². The molecular formula is C14H22BrNS. The van der Waals surface area contributed by atoms with Gasteiger partial charge in [0.05, 0.1) is 0 Å². The van der Waals surface area contributed by atoms with Crippen molar-refractivity contribution in [3.8, 4) is 0 Å². The summed E-state index contributed by atoms with van der Waals surface area (Å²) in [5.41, 5.74) is 0. The van der Waals surface area contributed by atoms with Crippen molar-refractivity contribution in [3.05, 3.63) is 28.7 Å². The molecule has 1 N–H and O–H groups in total. The van der Waals surface area contributed by atoms with Crippen LogP contribution in [0.5, 0.6) is 0 Å². The molecule has 1 nitrogen and oxygen atoms in total. The summed E-state index contributed by atoms with van der Waals surface area (Å²) in [4.78, 5) is 1.33. The van der Waals surface area contributed by atoms with E-state index in [1.807, 2.05) is 11.8 Å². The fraction of sp³-hybridized carbons (Fsp3) is 0.571. The van der Waals surface area contributed by atoms with Gasteiger partial charge in [-0.2, -0.15) is 0 Å². The molecular weight excluding hydrogens is 294 g/mol. The first-order valence-electron chi connectivity index (χ1n) is 6.36. The molecule has 0 aliphatic rings. The van der Waals surface area contributed by atoms with Crippen LogP contribution < -0.4 is 5.32 Å². The second kappa shape index (κ2) is 9.01. The summed E-state index contributed by atoms with van der Waals surface area (Å²) in [5.74, 6) is 0. The Kier molecular flexibility index (Phi) is 7.99. The summed E-state index contributed by atoms with van der Waals surface area (Å²) in [7, 11) is 0. The topological polar surface area (TPSA) is 12.0 Å². The fourth-order valence-electron chi connectivity index (χ4n) is 1.60. The van der Waals surface area contributed by atoms with Crippen molar-refractivity contribution < 1.29 is 0 Å². The Labute approximate surface area is 118 Å². The lowest BCUT2D eigenvalue weighted by Gasteiger charge is -2.13. The SMILES string of the molecule is CCCCCNCC(C)Sc1ccccc1Br. The number of rotatable bonds is 8. The number of hydrogen-bond donors (Lipinski definition) is 1. The third-order valence-electron chi connectivity index (χ3n) is 2.55. The second-order valence-corrected chi connectivity index (χ2v) is 6.60. The fourth-order valence-corrected chi connectivity index (χ4v) is 3.14. The quantitative estimate of drug-likeness (QED) is 0.551.